The number of carboxylic acid groups (broad SMARTS) is 2. The van der Waals surface area contributed by atoms with Crippen molar-refractivity contribution in [3.05, 3.63) is 29.8 Å². The molecule has 3 atom stereocenters. The van der Waals surface area contributed by atoms with Gasteiger partial charge >= 0.3 is 11.9 Å². The third kappa shape index (κ3) is 6.52. The molecule has 140 valence electrons. The fourth-order valence-electron chi connectivity index (χ4n) is 2.79. The highest BCUT2D eigenvalue weighted by Crippen LogP contribution is 2.54. The van der Waals surface area contributed by atoms with E-state index >= 15 is 0 Å². The molecule has 0 heterocycles. The van der Waals surface area contributed by atoms with Gasteiger partial charge in [-0.25, -0.2) is 0 Å². The van der Waals surface area contributed by atoms with Crippen molar-refractivity contribution in [2.75, 3.05) is 7.11 Å². The monoisotopic (exact) mass is 372 g/mol. The number of benzene rings is 1. The van der Waals surface area contributed by atoms with Gasteiger partial charge in [0.25, 0.3) is 0 Å². The number of hydrogen-bond donors (Lipinski definition) is 3. The van der Waals surface area contributed by atoms with Gasteiger partial charge in [0.2, 0.25) is 7.37 Å². The van der Waals surface area contributed by atoms with Gasteiger partial charge in [-0.1, -0.05) is 25.1 Å². The van der Waals surface area contributed by atoms with Crippen molar-refractivity contribution in [3.63, 3.8) is 0 Å². The second kappa shape index (κ2) is 9.59. The summed E-state index contributed by atoms with van der Waals surface area (Å²) in [5.74, 6) is -2.68. The third-order valence-corrected chi connectivity index (χ3v) is 6.75. The highest BCUT2D eigenvalue weighted by molar-refractivity contribution is 7.57. The molecule has 0 aliphatic heterocycles. The van der Waals surface area contributed by atoms with Crippen LogP contribution in [0.25, 0.3) is 0 Å². The Balaban J connectivity index is 2.92. The molecule has 3 unspecified atom stereocenters. The summed E-state index contributed by atoms with van der Waals surface area (Å²) in [6, 6.07) is 6.90. The number of rotatable bonds is 11. The summed E-state index contributed by atoms with van der Waals surface area (Å²) in [6.45, 7) is 1.73. The predicted molar refractivity (Wildman–Crippen MR) is 93.2 cm³/mol. The number of methoxy groups -OCH3 is 1. The quantitative estimate of drug-likeness (QED) is 0.510. The summed E-state index contributed by atoms with van der Waals surface area (Å²) in [5.41, 5.74) is -0.126. The first-order chi connectivity index (χ1) is 11.7. The molecule has 7 nitrogen and oxygen atoms in total. The molecule has 0 amide bonds. The van der Waals surface area contributed by atoms with Gasteiger partial charge in [-0.05, 0) is 25.3 Å². The molecule has 0 spiro atoms. The minimum Gasteiger partial charge on any atom is -0.496 e. The minimum atomic E-state index is -3.70. The van der Waals surface area contributed by atoms with Crippen molar-refractivity contribution < 1.29 is 34.0 Å². The summed E-state index contributed by atoms with van der Waals surface area (Å²) < 4.78 is 18.1. The zero-order valence-corrected chi connectivity index (χ0v) is 15.3. The molecule has 1 aromatic rings. The lowest BCUT2D eigenvalue weighted by molar-refractivity contribution is -0.143. The van der Waals surface area contributed by atoms with E-state index in [0.717, 1.165) is 0 Å². The van der Waals surface area contributed by atoms with Gasteiger partial charge in [0.05, 0.1) is 19.2 Å². The average molecular weight is 372 g/mol. The Morgan fingerprint density at radius 1 is 1.24 bits per heavy atom. The molecule has 1 rings (SSSR count). The minimum absolute atomic E-state index is 0.0258. The van der Waals surface area contributed by atoms with Crippen molar-refractivity contribution in [2.45, 2.75) is 44.4 Å². The SMILES string of the molecule is CCC(CC(CCC(=O)O)C(=O)O)P(=O)(O)Cc1ccccc1OC. The van der Waals surface area contributed by atoms with E-state index in [4.69, 9.17) is 9.84 Å². The Morgan fingerprint density at radius 3 is 2.40 bits per heavy atom. The van der Waals surface area contributed by atoms with Crippen molar-refractivity contribution >= 4 is 19.3 Å². The number of para-hydroxylation sites is 1. The van der Waals surface area contributed by atoms with Crippen LogP contribution in [-0.4, -0.2) is 39.8 Å². The van der Waals surface area contributed by atoms with Gasteiger partial charge in [0.15, 0.2) is 0 Å². The number of hydrogen-bond acceptors (Lipinski definition) is 4. The number of carboxylic acids is 2. The molecular formula is C17H25O7P. The molecule has 0 saturated carbocycles. The lowest BCUT2D eigenvalue weighted by atomic mass is 9.97. The Morgan fingerprint density at radius 2 is 1.88 bits per heavy atom. The van der Waals surface area contributed by atoms with E-state index in [-0.39, 0.29) is 25.4 Å². The molecule has 0 aromatic heterocycles. The van der Waals surface area contributed by atoms with E-state index in [1.807, 2.05) is 0 Å². The van der Waals surface area contributed by atoms with Gasteiger partial charge in [-0.15, -0.1) is 0 Å². The van der Waals surface area contributed by atoms with E-state index in [1.54, 1.807) is 31.2 Å². The van der Waals surface area contributed by atoms with Crippen molar-refractivity contribution in [1.29, 1.82) is 0 Å². The van der Waals surface area contributed by atoms with Crippen LogP contribution in [0.15, 0.2) is 24.3 Å². The van der Waals surface area contributed by atoms with Crippen molar-refractivity contribution in [2.24, 2.45) is 5.92 Å². The van der Waals surface area contributed by atoms with Gasteiger partial charge in [-0.3, -0.25) is 14.2 Å². The lowest BCUT2D eigenvalue weighted by Gasteiger charge is -2.25. The molecule has 0 aliphatic carbocycles. The molecule has 0 bridgehead atoms. The van der Waals surface area contributed by atoms with Crippen LogP contribution in [0, 0.1) is 5.92 Å². The van der Waals surface area contributed by atoms with Gasteiger partial charge in [-0.2, -0.15) is 0 Å². The number of carbonyl (C=O) groups is 2. The summed E-state index contributed by atoms with van der Waals surface area (Å²) in [6.07, 6.45) is -0.145. The van der Waals surface area contributed by atoms with Crippen molar-refractivity contribution in [1.82, 2.24) is 0 Å². The predicted octanol–water partition coefficient (Wildman–Crippen LogP) is 3.20. The van der Waals surface area contributed by atoms with Crippen LogP contribution in [0.5, 0.6) is 5.75 Å². The average Bonchev–Trinajstić information content (AvgIpc) is 2.54. The van der Waals surface area contributed by atoms with Gasteiger partial charge in [0.1, 0.15) is 5.75 Å². The zero-order valence-electron chi connectivity index (χ0n) is 14.4. The highest BCUT2D eigenvalue weighted by Gasteiger charge is 2.34. The Hall–Kier alpha value is -1.85. The largest absolute Gasteiger partial charge is 0.496 e. The van der Waals surface area contributed by atoms with Gasteiger partial charge < -0.3 is 19.8 Å². The Bertz CT molecular complexity index is 644. The normalized spacial score (nSPS) is 15.8. The summed E-state index contributed by atoms with van der Waals surface area (Å²) >= 11 is 0. The fraction of sp³-hybridized carbons (Fsp3) is 0.529. The van der Waals surface area contributed by atoms with Crippen LogP contribution in [0.4, 0.5) is 0 Å². The first-order valence-corrected chi connectivity index (χ1v) is 10.0. The lowest BCUT2D eigenvalue weighted by Crippen LogP contribution is -2.22. The summed E-state index contributed by atoms with van der Waals surface area (Å²) in [5, 5.41) is 18.0. The van der Waals surface area contributed by atoms with Crippen LogP contribution >= 0.6 is 7.37 Å². The number of ether oxygens (including phenoxy) is 1. The molecule has 1 aromatic carbocycles. The van der Waals surface area contributed by atoms with Crippen LogP contribution in [0.3, 0.4) is 0 Å². The van der Waals surface area contributed by atoms with E-state index in [9.17, 15) is 24.2 Å². The van der Waals surface area contributed by atoms with Crippen LogP contribution in [-0.2, 0) is 20.3 Å². The van der Waals surface area contributed by atoms with E-state index < -0.39 is 30.9 Å². The van der Waals surface area contributed by atoms with E-state index in [1.165, 1.54) is 7.11 Å². The van der Waals surface area contributed by atoms with Crippen LogP contribution in [0.2, 0.25) is 0 Å². The van der Waals surface area contributed by atoms with Gasteiger partial charge in [0, 0.05) is 17.6 Å². The molecule has 25 heavy (non-hydrogen) atoms. The maximum absolute atomic E-state index is 12.9. The van der Waals surface area contributed by atoms with Crippen LogP contribution in [0.1, 0.15) is 38.2 Å². The second-order valence-corrected chi connectivity index (χ2v) is 8.55. The second-order valence-electron chi connectivity index (χ2n) is 5.99. The maximum Gasteiger partial charge on any atom is 0.306 e. The molecular weight excluding hydrogens is 347 g/mol. The Labute approximate surface area is 147 Å². The maximum atomic E-state index is 12.9. The molecule has 3 N–H and O–H groups in total. The summed E-state index contributed by atoms with van der Waals surface area (Å²) in [4.78, 5) is 32.6. The standard InChI is InChI=1S/C17H25O7P/c1-3-14(10-12(17(20)21)8-9-16(18)19)25(22,23)11-13-6-4-5-7-15(13)24-2/h4-7,12,14H,3,8-11H2,1-2H3,(H,18,19)(H,20,21)(H,22,23). The first-order valence-electron chi connectivity index (χ1n) is 8.09. The smallest absolute Gasteiger partial charge is 0.306 e. The zero-order chi connectivity index (χ0) is 19.0. The fourth-order valence-corrected chi connectivity index (χ4v) is 4.95. The van der Waals surface area contributed by atoms with Crippen LogP contribution < -0.4 is 4.74 Å². The van der Waals surface area contributed by atoms with Crippen molar-refractivity contribution in [3.8, 4) is 5.75 Å². The van der Waals surface area contributed by atoms with E-state index in [2.05, 4.69) is 0 Å². The number of aliphatic carboxylic acids is 2. The summed E-state index contributed by atoms with van der Waals surface area (Å²) in [7, 11) is -2.22. The molecule has 0 saturated heterocycles. The molecule has 0 aliphatic rings. The Kier molecular flexibility index (Phi) is 8.13. The molecule has 0 fully saturated rings. The topological polar surface area (TPSA) is 121 Å². The third-order valence-electron chi connectivity index (χ3n) is 4.24. The molecule has 8 heteroatoms. The molecule has 0 radical (unpaired) electrons. The van der Waals surface area contributed by atoms with E-state index in [0.29, 0.717) is 17.7 Å². The first kappa shape index (κ1) is 21.2. The highest BCUT2D eigenvalue weighted by atomic mass is 31.2.